The molecule has 28 heavy (non-hydrogen) atoms. The third-order valence-electron chi connectivity index (χ3n) is 3.84. The molecule has 3 unspecified atom stereocenters. The number of carbonyl (C=O) groups excluding carboxylic acids is 4. The van der Waals surface area contributed by atoms with Gasteiger partial charge in [-0.2, -0.15) is 0 Å². The van der Waals surface area contributed by atoms with E-state index in [9.17, 15) is 24.3 Å². The summed E-state index contributed by atoms with van der Waals surface area (Å²) in [6.45, 7) is 2.54. The quantitative estimate of drug-likeness (QED) is 0.321. The fourth-order valence-corrected chi connectivity index (χ4v) is 2.21. The summed E-state index contributed by atoms with van der Waals surface area (Å²) in [6.07, 6.45) is 0.230. The van der Waals surface area contributed by atoms with Gasteiger partial charge in [-0.1, -0.05) is 12.1 Å². The normalized spacial score (nSPS) is 13.6. The molecule has 0 saturated carbocycles. The number of ether oxygens (including phenoxy) is 1. The first kappa shape index (κ1) is 22.9. The number of hydrogen-bond donors (Lipinski definition) is 5. The lowest BCUT2D eigenvalue weighted by Crippen LogP contribution is -2.52. The number of phenolic OH excluding ortho intramolecular Hbond substituents is 1. The van der Waals surface area contributed by atoms with Gasteiger partial charge in [0, 0.05) is 0 Å². The minimum absolute atomic E-state index is 0.108. The maximum absolute atomic E-state index is 12.1. The average molecular weight is 394 g/mol. The lowest BCUT2D eigenvalue weighted by atomic mass is 10.1. The molecule has 1 aromatic carbocycles. The summed E-state index contributed by atoms with van der Waals surface area (Å²) in [7, 11) is 1.20. The molecular formula is C18H26N4O6. The van der Waals surface area contributed by atoms with Crippen LogP contribution in [0.5, 0.6) is 5.75 Å². The van der Waals surface area contributed by atoms with E-state index in [4.69, 9.17) is 5.73 Å². The minimum Gasteiger partial charge on any atom is -0.508 e. The maximum atomic E-state index is 12.1. The molecular weight excluding hydrogens is 368 g/mol. The third kappa shape index (κ3) is 7.62. The van der Waals surface area contributed by atoms with Crippen LogP contribution in [0.15, 0.2) is 24.3 Å². The summed E-state index contributed by atoms with van der Waals surface area (Å²) >= 11 is 0. The second kappa shape index (κ2) is 10.9. The van der Waals surface area contributed by atoms with E-state index < -0.39 is 41.8 Å². The molecule has 0 spiro atoms. The Morgan fingerprint density at radius 2 is 1.64 bits per heavy atom. The molecule has 0 heterocycles. The molecule has 3 amide bonds. The number of esters is 1. The molecule has 0 aliphatic heterocycles. The smallest absolute Gasteiger partial charge is 0.328 e. The van der Waals surface area contributed by atoms with Crippen LogP contribution in [0.1, 0.15) is 19.4 Å². The molecule has 0 fully saturated rings. The summed E-state index contributed by atoms with van der Waals surface area (Å²) < 4.78 is 4.48. The predicted molar refractivity (Wildman–Crippen MR) is 100 cm³/mol. The van der Waals surface area contributed by atoms with Crippen LogP contribution in [0.25, 0.3) is 0 Å². The highest BCUT2D eigenvalue weighted by molar-refractivity contribution is 5.92. The summed E-state index contributed by atoms with van der Waals surface area (Å²) in [5.74, 6) is -2.18. The number of carbonyl (C=O) groups is 4. The molecule has 0 radical (unpaired) electrons. The second-order valence-corrected chi connectivity index (χ2v) is 6.24. The van der Waals surface area contributed by atoms with Crippen molar-refractivity contribution >= 4 is 23.7 Å². The van der Waals surface area contributed by atoms with E-state index >= 15 is 0 Å². The molecule has 0 bridgehead atoms. The zero-order chi connectivity index (χ0) is 21.3. The number of nitrogens with two attached hydrogens (primary N) is 1. The Balaban J connectivity index is 2.41. The van der Waals surface area contributed by atoms with Gasteiger partial charge in [0.05, 0.1) is 19.7 Å². The Hall–Kier alpha value is -3.14. The highest BCUT2D eigenvalue weighted by atomic mass is 16.5. The molecule has 1 rings (SSSR count). The van der Waals surface area contributed by atoms with E-state index in [0.29, 0.717) is 0 Å². The molecule has 0 saturated heterocycles. The zero-order valence-corrected chi connectivity index (χ0v) is 16.0. The van der Waals surface area contributed by atoms with Crippen molar-refractivity contribution in [2.45, 2.75) is 38.4 Å². The molecule has 1 aromatic rings. The van der Waals surface area contributed by atoms with E-state index in [1.54, 1.807) is 12.1 Å². The van der Waals surface area contributed by atoms with E-state index in [-0.39, 0.29) is 18.7 Å². The van der Waals surface area contributed by atoms with Gasteiger partial charge in [0.2, 0.25) is 17.7 Å². The van der Waals surface area contributed by atoms with Crippen molar-refractivity contribution in [3.63, 3.8) is 0 Å². The molecule has 3 atom stereocenters. The molecule has 0 aromatic heterocycles. The number of aromatic hydroxyl groups is 1. The van der Waals surface area contributed by atoms with Gasteiger partial charge in [-0.15, -0.1) is 0 Å². The van der Waals surface area contributed by atoms with Crippen molar-refractivity contribution in [3.8, 4) is 5.75 Å². The van der Waals surface area contributed by atoms with Gasteiger partial charge in [0.25, 0.3) is 0 Å². The van der Waals surface area contributed by atoms with Gasteiger partial charge in [0.15, 0.2) is 0 Å². The van der Waals surface area contributed by atoms with Crippen LogP contribution in [0, 0.1) is 0 Å². The van der Waals surface area contributed by atoms with Crippen molar-refractivity contribution in [3.05, 3.63) is 29.8 Å². The van der Waals surface area contributed by atoms with Crippen molar-refractivity contribution in [1.82, 2.24) is 16.0 Å². The summed E-state index contributed by atoms with van der Waals surface area (Å²) in [5.41, 5.74) is 6.60. The lowest BCUT2D eigenvalue weighted by molar-refractivity contribution is -0.144. The molecule has 154 valence electrons. The third-order valence-corrected chi connectivity index (χ3v) is 3.84. The molecule has 0 aliphatic rings. The van der Waals surface area contributed by atoms with Crippen LogP contribution >= 0.6 is 0 Å². The van der Waals surface area contributed by atoms with Crippen molar-refractivity contribution < 1.29 is 29.0 Å². The van der Waals surface area contributed by atoms with E-state index in [0.717, 1.165) is 5.56 Å². The highest BCUT2D eigenvalue weighted by Gasteiger charge is 2.21. The zero-order valence-electron chi connectivity index (χ0n) is 16.0. The largest absolute Gasteiger partial charge is 0.508 e. The maximum Gasteiger partial charge on any atom is 0.328 e. The van der Waals surface area contributed by atoms with E-state index in [1.165, 1.54) is 33.1 Å². The number of nitrogens with one attached hydrogen (secondary N) is 3. The van der Waals surface area contributed by atoms with Crippen LogP contribution in [-0.2, 0) is 30.3 Å². The Bertz CT molecular complexity index is 707. The number of methoxy groups -OCH3 is 1. The first-order valence-electron chi connectivity index (χ1n) is 8.62. The first-order chi connectivity index (χ1) is 13.1. The lowest BCUT2D eigenvalue weighted by Gasteiger charge is -2.18. The Labute approximate surface area is 162 Å². The van der Waals surface area contributed by atoms with Crippen LogP contribution in [-0.4, -0.2) is 60.6 Å². The Morgan fingerprint density at radius 3 is 2.21 bits per heavy atom. The van der Waals surface area contributed by atoms with Crippen LogP contribution in [0.2, 0.25) is 0 Å². The predicted octanol–water partition coefficient (Wildman–Crippen LogP) is -1.44. The standard InChI is InChI=1S/C18H26N4O6/c1-10(16(25)20-9-15(24)21-11(2)18(27)28-3)22-17(26)14(19)8-12-4-6-13(23)7-5-12/h4-7,10-11,14,23H,8-9,19H2,1-3H3,(H,20,25)(H,21,24)(H,22,26). The fourth-order valence-electron chi connectivity index (χ4n) is 2.21. The summed E-state index contributed by atoms with van der Waals surface area (Å²) in [5, 5.41) is 16.4. The molecule has 10 nitrogen and oxygen atoms in total. The van der Waals surface area contributed by atoms with E-state index in [2.05, 4.69) is 20.7 Å². The number of rotatable bonds is 9. The monoisotopic (exact) mass is 394 g/mol. The van der Waals surface area contributed by atoms with Gasteiger partial charge in [-0.25, -0.2) is 4.79 Å². The summed E-state index contributed by atoms with van der Waals surface area (Å²) in [4.78, 5) is 47.1. The van der Waals surface area contributed by atoms with Crippen molar-refractivity contribution in [2.75, 3.05) is 13.7 Å². The van der Waals surface area contributed by atoms with E-state index in [1.807, 2.05) is 0 Å². The first-order valence-corrected chi connectivity index (χ1v) is 8.62. The van der Waals surface area contributed by atoms with Crippen LogP contribution < -0.4 is 21.7 Å². The number of phenols is 1. The molecule has 0 aliphatic carbocycles. The van der Waals surface area contributed by atoms with Crippen molar-refractivity contribution in [1.29, 1.82) is 0 Å². The molecule has 10 heteroatoms. The SMILES string of the molecule is COC(=O)C(C)NC(=O)CNC(=O)C(C)NC(=O)C(N)Cc1ccc(O)cc1. The Morgan fingerprint density at radius 1 is 1.04 bits per heavy atom. The van der Waals surface area contributed by atoms with Gasteiger partial charge < -0.3 is 31.5 Å². The van der Waals surface area contributed by atoms with Crippen molar-refractivity contribution in [2.24, 2.45) is 5.73 Å². The average Bonchev–Trinajstić information content (AvgIpc) is 2.66. The van der Waals surface area contributed by atoms with Gasteiger partial charge >= 0.3 is 5.97 Å². The number of hydrogen-bond acceptors (Lipinski definition) is 7. The van der Waals surface area contributed by atoms with Crippen LogP contribution in [0.4, 0.5) is 0 Å². The number of amides is 3. The number of benzene rings is 1. The Kier molecular flexibility index (Phi) is 8.89. The van der Waals surface area contributed by atoms with Crippen LogP contribution in [0.3, 0.4) is 0 Å². The minimum atomic E-state index is -0.913. The second-order valence-electron chi connectivity index (χ2n) is 6.24. The summed E-state index contributed by atoms with van der Waals surface area (Å²) in [6, 6.07) is 3.63. The van der Waals surface area contributed by atoms with Gasteiger partial charge in [-0.05, 0) is 38.0 Å². The van der Waals surface area contributed by atoms with Gasteiger partial charge in [0.1, 0.15) is 17.8 Å². The fraction of sp³-hybridized carbons (Fsp3) is 0.444. The molecule has 6 N–H and O–H groups in total. The highest BCUT2D eigenvalue weighted by Crippen LogP contribution is 2.10. The van der Waals surface area contributed by atoms with Gasteiger partial charge in [-0.3, -0.25) is 14.4 Å². The topological polar surface area (TPSA) is 160 Å².